The number of ether oxygens (including phenoxy) is 3. The Morgan fingerprint density at radius 1 is 1.12 bits per heavy atom. The van der Waals surface area contributed by atoms with Crippen molar-refractivity contribution in [1.29, 1.82) is 0 Å². The first-order valence-corrected chi connectivity index (χ1v) is 10.5. The van der Waals surface area contributed by atoms with E-state index in [1.165, 1.54) is 25.7 Å². The summed E-state index contributed by atoms with van der Waals surface area (Å²) in [6.07, 6.45) is 10.3. The van der Waals surface area contributed by atoms with E-state index < -0.39 is 0 Å². The van der Waals surface area contributed by atoms with Crippen molar-refractivity contribution in [3.8, 4) is 0 Å². The first-order chi connectivity index (χ1) is 12.0. The highest BCUT2D eigenvalue weighted by atomic mass is 16.7. The molecule has 4 heteroatoms. The number of hydrogen-bond acceptors (Lipinski definition) is 4. The second-order valence-electron chi connectivity index (χ2n) is 9.83. The molecule has 5 aliphatic rings. The molecule has 2 unspecified atom stereocenters. The van der Waals surface area contributed by atoms with Crippen LogP contribution in [0.3, 0.4) is 0 Å². The zero-order valence-corrected chi connectivity index (χ0v) is 15.7. The van der Waals surface area contributed by atoms with Gasteiger partial charge in [0.2, 0.25) is 0 Å². The number of fused-ring (bicyclic) bond motifs is 2. The number of carbonyl (C=O) groups is 1. The van der Waals surface area contributed by atoms with Gasteiger partial charge in [-0.3, -0.25) is 4.79 Å². The minimum absolute atomic E-state index is 0.0626. The molecule has 3 saturated carbocycles. The molecule has 25 heavy (non-hydrogen) atoms. The first kappa shape index (κ1) is 16.6. The summed E-state index contributed by atoms with van der Waals surface area (Å²) in [5, 5.41) is 0. The van der Waals surface area contributed by atoms with E-state index in [4.69, 9.17) is 14.2 Å². The van der Waals surface area contributed by atoms with Gasteiger partial charge in [-0.15, -0.1) is 0 Å². The van der Waals surface area contributed by atoms with Crippen molar-refractivity contribution >= 4 is 5.97 Å². The molecule has 4 nitrogen and oxygen atoms in total. The highest BCUT2D eigenvalue weighted by molar-refractivity contribution is 5.81. The van der Waals surface area contributed by atoms with Crippen molar-refractivity contribution in [1.82, 2.24) is 0 Å². The van der Waals surface area contributed by atoms with Crippen molar-refractivity contribution in [2.24, 2.45) is 28.6 Å². The molecule has 0 N–H and O–H groups in total. The summed E-state index contributed by atoms with van der Waals surface area (Å²) in [6.45, 7) is 6.39. The molecule has 2 spiro atoms. The van der Waals surface area contributed by atoms with Gasteiger partial charge in [0, 0.05) is 18.8 Å². The topological polar surface area (TPSA) is 44.8 Å². The predicted octanol–water partition coefficient (Wildman–Crippen LogP) is 4.07. The van der Waals surface area contributed by atoms with E-state index in [0.717, 1.165) is 45.3 Å². The van der Waals surface area contributed by atoms with E-state index in [2.05, 4.69) is 13.8 Å². The second kappa shape index (κ2) is 5.45. The first-order valence-electron chi connectivity index (χ1n) is 10.5. The van der Waals surface area contributed by atoms with Crippen molar-refractivity contribution in [3.63, 3.8) is 0 Å². The Labute approximate surface area is 151 Å². The van der Waals surface area contributed by atoms with E-state index in [0.29, 0.717) is 23.2 Å². The van der Waals surface area contributed by atoms with Crippen LogP contribution in [0, 0.1) is 28.6 Å². The number of carbonyl (C=O) groups excluding carboxylic acids is 1. The molecule has 3 aliphatic carbocycles. The van der Waals surface area contributed by atoms with Gasteiger partial charge in [0.05, 0.1) is 18.6 Å². The summed E-state index contributed by atoms with van der Waals surface area (Å²) >= 11 is 0. The van der Waals surface area contributed by atoms with E-state index in [-0.39, 0.29) is 23.3 Å². The fraction of sp³-hybridized carbons (Fsp3) is 0.952. The average Bonchev–Trinajstić information content (AvgIpc) is 2.90. The van der Waals surface area contributed by atoms with Gasteiger partial charge in [-0.1, -0.05) is 13.8 Å². The van der Waals surface area contributed by atoms with Crippen molar-refractivity contribution in [3.05, 3.63) is 0 Å². The smallest absolute Gasteiger partial charge is 0.312 e. The third-order valence-electron chi connectivity index (χ3n) is 8.46. The molecule has 0 bridgehead atoms. The van der Waals surface area contributed by atoms with Gasteiger partial charge in [-0.2, -0.15) is 0 Å². The van der Waals surface area contributed by atoms with Crippen molar-refractivity contribution < 1.29 is 19.0 Å². The third-order valence-corrected chi connectivity index (χ3v) is 8.46. The SMILES string of the molecule is C[C@H](CC1CC2(CC2)C(=O)O1)[C@H]1CCC2C3(CCC[C@@]21C)OCCO3. The quantitative estimate of drug-likeness (QED) is 0.721. The van der Waals surface area contributed by atoms with Gasteiger partial charge in [0.15, 0.2) is 5.79 Å². The maximum Gasteiger partial charge on any atom is 0.312 e. The highest BCUT2D eigenvalue weighted by Crippen LogP contribution is 2.63. The van der Waals surface area contributed by atoms with Crippen molar-refractivity contribution in [2.75, 3.05) is 13.2 Å². The zero-order chi connectivity index (χ0) is 17.3. The maximum atomic E-state index is 12.1. The van der Waals surface area contributed by atoms with Gasteiger partial charge in [-0.25, -0.2) is 0 Å². The number of esters is 1. The van der Waals surface area contributed by atoms with Crippen LogP contribution in [0.1, 0.15) is 71.6 Å². The van der Waals surface area contributed by atoms with Crippen LogP contribution in [-0.2, 0) is 19.0 Å². The normalized spacial score (nSPS) is 44.9. The van der Waals surface area contributed by atoms with Gasteiger partial charge in [-0.05, 0) is 62.2 Å². The molecule has 0 amide bonds. The molecular formula is C21H32O4. The lowest BCUT2D eigenvalue weighted by Gasteiger charge is -2.50. The Hall–Kier alpha value is -0.610. The molecule has 2 aliphatic heterocycles. The van der Waals surface area contributed by atoms with Crippen LogP contribution in [-0.4, -0.2) is 31.1 Å². The Balaban J connectivity index is 1.30. The van der Waals surface area contributed by atoms with Crippen molar-refractivity contribution in [2.45, 2.75) is 83.5 Å². The largest absolute Gasteiger partial charge is 0.462 e. The lowest BCUT2D eigenvalue weighted by atomic mass is 9.60. The molecule has 5 rings (SSSR count). The minimum atomic E-state index is -0.292. The fourth-order valence-electron chi connectivity index (χ4n) is 7.09. The summed E-state index contributed by atoms with van der Waals surface area (Å²) in [4.78, 5) is 12.1. The summed E-state index contributed by atoms with van der Waals surface area (Å²) in [5.41, 5.74) is 0.245. The molecular weight excluding hydrogens is 316 g/mol. The van der Waals surface area contributed by atoms with Gasteiger partial charge in [0.25, 0.3) is 0 Å². The molecule has 0 aromatic heterocycles. The fourth-order valence-corrected chi connectivity index (χ4v) is 7.09. The zero-order valence-electron chi connectivity index (χ0n) is 15.7. The summed E-state index contributed by atoms with van der Waals surface area (Å²) < 4.78 is 18.1. The molecule has 5 fully saturated rings. The number of cyclic esters (lactones) is 1. The summed E-state index contributed by atoms with van der Waals surface area (Å²) in [5.74, 6) is 1.61. The summed E-state index contributed by atoms with van der Waals surface area (Å²) in [6, 6.07) is 0. The lowest BCUT2D eigenvalue weighted by Crippen LogP contribution is -2.51. The Bertz CT molecular complexity index is 562. The van der Waals surface area contributed by atoms with Gasteiger partial charge >= 0.3 is 5.97 Å². The predicted molar refractivity (Wildman–Crippen MR) is 92.8 cm³/mol. The monoisotopic (exact) mass is 348 g/mol. The molecule has 2 heterocycles. The maximum absolute atomic E-state index is 12.1. The van der Waals surface area contributed by atoms with Crippen LogP contribution in [0.2, 0.25) is 0 Å². The van der Waals surface area contributed by atoms with Crippen LogP contribution in [0.25, 0.3) is 0 Å². The number of rotatable bonds is 3. The van der Waals surface area contributed by atoms with Crippen LogP contribution in [0.15, 0.2) is 0 Å². The standard InChI is InChI=1S/C21H32O4/c1-14(12-15-13-20(8-9-20)18(22)25-15)16-4-5-17-19(16,2)6-3-7-21(17)23-10-11-24-21/h14-17H,3-13H2,1-2H3/t14-,15?,16-,17?,19-/m1/s1. The molecule has 140 valence electrons. The highest BCUT2D eigenvalue weighted by Gasteiger charge is 2.62. The van der Waals surface area contributed by atoms with E-state index in [1.54, 1.807) is 0 Å². The molecule has 5 atom stereocenters. The van der Waals surface area contributed by atoms with E-state index >= 15 is 0 Å². The average molecular weight is 348 g/mol. The Morgan fingerprint density at radius 2 is 1.88 bits per heavy atom. The van der Waals surface area contributed by atoms with Gasteiger partial charge < -0.3 is 14.2 Å². The third kappa shape index (κ3) is 2.36. The molecule has 0 radical (unpaired) electrons. The van der Waals surface area contributed by atoms with Crippen LogP contribution >= 0.6 is 0 Å². The summed E-state index contributed by atoms with van der Waals surface area (Å²) in [7, 11) is 0. The van der Waals surface area contributed by atoms with E-state index in [1.807, 2.05) is 0 Å². The molecule has 2 saturated heterocycles. The van der Waals surface area contributed by atoms with E-state index in [9.17, 15) is 4.79 Å². The number of hydrogen-bond donors (Lipinski definition) is 0. The Morgan fingerprint density at radius 3 is 2.56 bits per heavy atom. The van der Waals surface area contributed by atoms with Crippen LogP contribution < -0.4 is 0 Å². The second-order valence-corrected chi connectivity index (χ2v) is 9.83. The van der Waals surface area contributed by atoms with Crippen LogP contribution in [0.5, 0.6) is 0 Å². The molecule has 0 aromatic rings. The Kier molecular flexibility index (Phi) is 3.61. The lowest BCUT2D eigenvalue weighted by molar-refractivity contribution is -0.241. The van der Waals surface area contributed by atoms with Crippen LogP contribution in [0.4, 0.5) is 0 Å². The molecule has 0 aromatic carbocycles. The van der Waals surface area contributed by atoms with Gasteiger partial charge in [0.1, 0.15) is 6.10 Å². The minimum Gasteiger partial charge on any atom is -0.462 e.